The van der Waals surface area contributed by atoms with Crippen molar-refractivity contribution in [2.75, 3.05) is 13.1 Å². The summed E-state index contributed by atoms with van der Waals surface area (Å²) in [7, 11) is 0. The number of rotatable bonds is 4. The molecule has 0 spiro atoms. The number of H-pyrrole nitrogens is 2. The van der Waals surface area contributed by atoms with Crippen molar-refractivity contribution >= 4 is 10.9 Å². The van der Waals surface area contributed by atoms with Crippen LogP contribution in [-0.4, -0.2) is 50.5 Å². The average Bonchev–Trinajstić information content (AvgIpc) is 3.19. The highest BCUT2D eigenvalue weighted by atomic mass is 19.1. The van der Waals surface area contributed by atoms with Gasteiger partial charge in [0.25, 0.3) is 11.6 Å². The molecule has 3 N–H and O–H groups in total. The topological polar surface area (TPSA) is 109 Å². The molecule has 8 nitrogen and oxygen atoms in total. The number of aromatic nitrogens is 5. The summed E-state index contributed by atoms with van der Waals surface area (Å²) in [6.45, 7) is 0.893. The Morgan fingerprint density at radius 3 is 2.94 bits per heavy atom. The summed E-state index contributed by atoms with van der Waals surface area (Å²) in [6, 6.07) is 9.75. The molecular weight excluding hydrogens is 406 g/mol. The maximum Gasteiger partial charge on any atom is 0.297 e. The fraction of sp³-hybridized carbons (Fsp3) is 0.238. The molecule has 4 aromatic rings. The third-order valence-corrected chi connectivity index (χ3v) is 5.20. The van der Waals surface area contributed by atoms with E-state index in [1.807, 2.05) is 0 Å². The first-order valence-corrected chi connectivity index (χ1v) is 9.81. The van der Waals surface area contributed by atoms with Crippen molar-refractivity contribution < 1.29 is 13.5 Å². The van der Waals surface area contributed by atoms with Crippen LogP contribution in [0.5, 0.6) is 6.01 Å². The summed E-state index contributed by atoms with van der Waals surface area (Å²) in [5.41, 5.74) is 1.84. The Bertz CT molecular complexity index is 1300. The number of hydrogen-bond donors (Lipinski definition) is 3. The minimum Gasteiger partial charge on any atom is -0.457 e. The van der Waals surface area contributed by atoms with E-state index in [0.29, 0.717) is 47.2 Å². The van der Waals surface area contributed by atoms with Gasteiger partial charge in [0.15, 0.2) is 0 Å². The molecule has 0 bridgehead atoms. The number of fused-ring (bicyclic) bond motifs is 1. The molecule has 0 saturated carbocycles. The third kappa shape index (κ3) is 3.77. The second-order valence-corrected chi connectivity index (χ2v) is 7.28. The normalized spacial score (nSPS) is 18.9. The summed E-state index contributed by atoms with van der Waals surface area (Å²) < 4.78 is 33.9. The van der Waals surface area contributed by atoms with E-state index in [0.717, 1.165) is 0 Å². The predicted octanol–water partition coefficient (Wildman–Crippen LogP) is 2.59. The summed E-state index contributed by atoms with van der Waals surface area (Å²) in [5, 5.41) is 10.9. The zero-order chi connectivity index (χ0) is 21.4. The fourth-order valence-electron chi connectivity index (χ4n) is 3.65. The predicted molar refractivity (Wildman–Crippen MR) is 110 cm³/mol. The second kappa shape index (κ2) is 7.88. The highest BCUT2D eigenvalue weighted by Gasteiger charge is 2.27. The molecule has 1 aliphatic heterocycles. The van der Waals surface area contributed by atoms with Gasteiger partial charge in [-0.05, 0) is 42.8 Å². The highest BCUT2D eigenvalue weighted by molar-refractivity contribution is 5.94. The SMILES string of the molecule is O=c1cc(-c2n[nH]c3ccc(-c4cccnc4F)cc23)nc(O[C@H]2CNCC[C@@H]2F)[nH]1. The Morgan fingerprint density at radius 2 is 2.10 bits per heavy atom. The van der Waals surface area contributed by atoms with Crippen LogP contribution in [0.2, 0.25) is 0 Å². The van der Waals surface area contributed by atoms with Gasteiger partial charge in [0.1, 0.15) is 23.7 Å². The summed E-state index contributed by atoms with van der Waals surface area (Å²) in [5.74, 6) is -0.585. The van der Waals surface area contributed by atoms with Crippen LogP contribution in [0.25, 0.3) is 33.4 Å². The first kappa shape index (κ1) is 19.3. The van der Waals surface area contributed by atoms with E-state index in [1.165, 1.54) is 12.3 Å². The molecule has 1 fully saturated rings. The van der Waals surface area contributed by atoms with Crippen LogP contribution in [0.15, 0.2) is 47.4 Å². The second-order valence-electron chi connectivity index (χ2n) is 7.28. The maximum absolute atomic E-state index is 14.1. The standard InChI is InChI=1S/C21H18F2N6O2/c22-14-5-7-24-10-17(14)31-21-26-16(9-18(30)27-21)19-13-8-11(3-4-15(13)28-29-19)12-2-1-6-25-20(12)23/h1-4,6,8-9,14,17,24H,5,7,10H2,(H,28,29)(H,26,27,30)/t14-,17-/m0/s1. The first-order valence-electron chi connectivity index (χ1n) is 9.81. The number of benzene rings is 1. The van der Waals surface area contributed by atoms with Crippen molar-refractivity contribution in [1.29, 1.82) is 0 Å². The van der Waals surface area contributed by atoms with Crippen LogP contribution in [-0.2, 0) is 0 Å². The fourth-order valence-corrected chi connectivity index (χ4v) is 3.65. The molecule has 0 unspecified atom stereocenters. The van der Waals surface area contributed by atoms with E-state index in [-0.39, 0.29) is 11.7 Å². The summed E-state index contributed by atoms with van der Waals surface area (Å²) in [6.07, 6.45) is -0.195. The van der Waals surface area contributed by atoms with Crippen molar-refractivity contribution in [3.05, 3.63) is 58.9 Å². The lowest BCUT2D eigenvalue weighted by molar-refractivity contribution is 0.0666. The number of nitrogens with zero attached hydrogens (tertiary/aromatic N) is 3. The average molecular weight is 424 g/mol. The number of nitrogens with one attached hydrogen (secondary N) is 3. The molecule has 31 heavy (non-hydrogen) atoms. The molecule has 10 heteroatoms. The first-order chi connectivity index (χ1) is 15.1. The van der Waals surface area contributed by atoms with E-state index in [9.17, 15) is 13.6 Å². The lowest BCUT2D eigenvalue weighted by atomic mass is 10.0. The Balaban J connectivity index is 1.54. The van der Waals surface area contributed by atoms with E-state index in [4.69, 9.17) is 4.74 Å². The van der Waals surface area contributed by atoms with Gasteiger partial charge in [0.05, 0.1) is 5.52 Å². The van der Waals surface area contributed by atoms with Crippen molar-refractivity contribution in [2.24, 2.45) is 0 Å². The van der Waals surface area contributed by atoms with E-state index >= 15 is 0 Å². The van der Waals surface area contributed by atoms with Crippen LogP contribution < -0.4 is 15.6 Å². The number of pyridine rings is 1. The van der Waals surface area contributed by atoms with Crippen LogP contribution in [0.4, 0.5) is 8.78 Å². The molecule has 1 aromatic carbocycles. The molecule has 4 heterocycles. The van der Waals surface area contributed by atoms with E-state index in [2.05, 4.69) is 30.5 Å². The van der Waals surface area contributed by atoms with Gasteiger partial charge in [0.2, 0.25) is 5.95 Å². The van der Waals surface area contributed by atoms with Crippen molar-refractivity contribution in [3.8, 4) is 28.5 Å². The molecule has 0 radical (unpaired) electrons. The van der Waals surface area contributed by atoms with Gasteiger partial charge < -0.3 is 10.1 Å². The van der Waals surface area contributed by atoms with Crippen LogP contribution >= 0.6 is 0 Å². The number of ether oxygens (including phenoxy) is 1. The van der Waals surface area contributed by atoms with E-state index < -0.39 is 23.8 Å². The minimum atomic E-state index is -1.15. The summed E-state index contributed by atoms with van der Waals surface area (Å²) in [4.78, 5) is 22.7. The zero-order valence-corrected chi connectivity index (χ0v) is 16.2. The molecule has 0 aliphatic carbocycles. The van der Waals surface area contributed by atoms with Crippen molar-refractivity contribution in [3.63, 3.8) is 0 Å². The molecule has 5 rings (SSSR count). The Labute approximate surface area is 174 Å². The van der Waals surface area contributed by atoms with Crippen LogP contribution in [0.1, 0.15) is 6.42 Å². The highest BCUT2D eigenvalue weighted by Crippen LogP contribution is 2.30. The quantitative estimate of drug-likeness (QED) is 0.435. The van der Waals surface area contributed by atoms with Crippen LogP contribution in [0, 0.1) is 5.95 Å². The van der Waals surface area contributed by atoms with Gasteiger partial charge in [0, 0.05) is 29.8 Å². The van der Waals surface area contributed by atoms with Gasteiger partial charge in [-0.15, -0.1) is 0 Å². The largest absolute Gasteiger partial charge is 0.457 e. The third-order valence-electron chi connectivity index (χ3n) is 5.20. The lowest BCUT2D eigenvalue weighted by Crippen LogP contribution is -2.45. The number of halogens is 2. The number of alkyl halides is 1. The molecule has 0 amide bonds. The molecule has 1 saturated heterocycles. The molecule has 2 atom stereocenters. The van der Waals surface area contributed by atoms with Gasteiger partial charge in [-0.25, -0.2) is 9.37 Å². The van der Waals surface area contributed by atoms with Crippen molar-refractivity contribution in [2.45, 2.75) is 18.7 Å². The summed E-state index contributed by atoms with van der Waals surface area (Å²) >= 11 is 0. The van der Waals surface area contributed by atoms with E-state index in [1.54, 1.807) is 30.3 Å². The van der Waals surface area contributed by atoms with Gasteiger partial charge >= 0.3 is 0 Å². The monoisotopic (exact) mass is 424 g/mol. The van der Waals surface area contributed by atoms with Gasteiger partial charge in [-0.3, -0.25) is 14.9 Å². The minimum absolute atomic E-state index is 0.0792. The van der Waals surface area contributed by atoms with Crippen molar-refractivity contribution in [1.82, 2.24) is 30.5 Å². The Hall–Kier alpha value is -3.66. The molecule has 1 aliphatic rings. The number of aromatic amines is 2. The Morgan fingerprint density at radius 1 is 1.19 bits per heavy atom. The van der Waals surface area contributed by atoms with Crippen LogP contribution in [0.3, 0.4) is 0 Å². The Kier molecular flexibility index (Phi) is 4.91. The maximum atomic E-state index is 14.1. The van der Waals surface area contributed by atoms with Gasteiger partial charge in [-0.2, -0.15) is 14.5 Å². The lowest BCUT2D eigenvalue weighted by Gasteiger charge is -2.26. The smallest absolute Gasteiger partial charge is 0.297 e. The van der Waals surface area contributed by atoms with Gasteiger partial charge in [-0.1, -0.05) is 6.07 Å². The zero-order valence-electron chi connectivity index (χ0n) is 16.2. The number of hydrogen-bond acceptors (Lipinski definition) is 6. The molecular formula is C21H18F2N6O2. The molecule has 3 aromatic heterocycles. The molecule has 158 valence electrons. The number of piperidine rings is 1.